The summed E-state index contributed by atoms with van der Waals surface area (Å²) in [6.07, 6.45) is 5.75. The topological polar surface area (TPSA) is 95.3 Å². The summed E-state index contributed by atoms with van der Waals surface area (Å²) in [6, 6.07) is 14.6. The summed E-state index contributed by atoms with van der Waals surface area (Å²) in [5.74, 6) is 1.41. The fraction of sp³-hybridized carbons (Fsp3) is 0.310. The Morgan fingerprint density at radius 2 is 2.02 bits per heavy atom. The fourth-order valence-corrected chi connectivity index (χ4v) is 7.69. The summed E-state index contributed by atoms with van der Waals surface area (Å²) < 4.78 is 48.5. The zero-order chi connectivity index (χ0) is 27.7. The van der Waals surface area contributed by atoms with Gasteiger partial charge in [-0.05, 0) is 43.2 Å². The molecule has 0 aliphatic carbocycles. The lowest BCUT2D eigenvalue weighted by Gasteiger charge is -2.25. The molecule has 0 radical (unpaired) electrons. The van der Waals surface area contributed by atoms with Gasteiger partial charge in [0.2, 0.25) is 10.0 Å². The molecule has 0 N–H and O–H groups in total. The van der Waals surface area contributed by atoms with Crippen molar-refractivity contribution >= 4 is 37.2 Å². The summed E-state index contributed by atoms with van der Waals surface area (Å²) in [7, 11) is -0.583. The Morgan fingerprint density at radius 3 is 2.83 bits per heavy atom. The first-order chi connectivity index (χ1) is 19.5. The van der Waals surface area contributed by atoms with E-state index in [4.69, 9.17) is 19.2 Å². The Labute approximate surface area is 237 Å². The monoisotopic (exact) mass is 578 g/mol. The molecule has 1 aliphatic rings. The van der Waals surface area contributed by atoms with Crippen molar-refractivity contribution in [2.45, 2.75) is 30.3 Å². The van der Waals surface area contributed by atoms with E-state index < -0.39 is 10.0 Å². The predicted molar refractivity (Wildman–Crippen MR) is 155 cm³/mol. The van der Waals surface area contributed by atoms with Gasteiger partial charge in [0, 0.05) is 60.5 Å². The van der Waals surface area contributed by atoms with Crippen molar-refractivity contribution in [1.82, 2.24) is 18.7 Å². The third-order valence-corrected chi connectivity index (χ3v) is 10.0. The van der Waals surface area contributed by atoms with Crippen molar-refractivity contribution in [1.29, 1.82) is 0 Å². The Hall–Kier alpha value is -3.51. The van der Waals surface area contributed by atoms with E-state index in [2.05, 4.69) is 4.98 Å². The van der Waals surface area contributed by atoms with E-state index in [0.29, 0.717) is 43.1 Å². The van der Waals surface area contributed by atoms with Crippen molar-refractivity contribution in [3.8, 4) is 22.8 Å². The standard InChI is InChI=1S/C29H30N4O5S2/c1-36-22-10-11-26(37-2)24(16-22)25-18-33-21(19-39-29(33)31-25)12-14-32(17-23-8-5-15-38-23)40(34,35)27-9-3-6-20-7-4-13-30-28(20)27/h3-4,6-7,9-11,13,16,18-19,23H,5,8,12,14-15,17H2,1-2H3. The highest BCUT2D eigenvalue weighted by Crippen LogP contribution is 2.34. The summed E-state index contributed by atoms with van der Waals surface area (Å²) in [5, 5.41) is 2.82. The number of rotatable bonds is 10. The van der Waals surface area contributed by atoms with Gasteiger partial charge in [-0.2, -0.15) is 4.31 Å². The van der Waals surface area contributed by atoms with Crippen LogP contribution in [0.3, 0.4) is 0 Å². The molecule has 2 aromatic carbocycles. The molecule has 4 heterocycles. The van der Waals surface area contributed by atoms with Crippen LogP contribution in [0.25, 0.3) is 27.1 Å². The minimum atomic E-state index is -3.84. The minimum Gasteiger partial charge on any atom is -0.497 e. The first kappa shape index (κ1) is 26.7. The number of imidazole rings is 1. The van der Waals surface area contributed by atoms with Crippen LogP contribution in [0.4, 0.5) is 0 Å². The number of benzene rings is 2. The van der Waals surface area contributed by atoms with Crippen LogP contribution in [-0.4, -0.2) is 67.1 Å². The molecule has 11 heteroatoms. The van der Waals surface area contributed by atoms with Gasteiger partial charge >= 0.3 is 0 Å². The molecule has 3 aromatic heterocycles. The summed E-state index contributed by atoms with van der Waals surface area (Å²) in [5.41, 5.74) is 3.04. The molecule has 0 bridgehead atoms. The zero-order valence-corrected chi connectivity index (χ0v) is 24.0. The lowest BCUT2D eigenvalue weighted by molar-refractivity contribution is 0.0939. The Kier molecular flexibility index (Phi) is 7.45. The maximum absolute atomic E-state index is 14.1. The van der Waals surface area contributed by atoms with Crippen molar-refractivity contribution in [2.24, 2.45) is 0 Å². The van der Waals surface area contributed by atoms with Gasteiger partial charge in [0.1, 0.15) is 16.4 Å². The molecule has 1 saturated heterocycles. The second-order valence-electron chi connectivity index (χ2n) is 9.65. The van der Waals surface area contributed by atoms with E-state index in [0.717, 1.165) is 40.1 Å². The number of hydrogen-bond acceptors (Lipinski definition) is 8. The van der Waals surface area contributed by atoms with E-state index in [1.54, 1.807) is 36.9 Å². The van der Waals surface area contributed by atoms with Gasteiger partial charge in [-0.15, -0.1) is 11.3 Å². The normalized spacial score (nSPS) is 15.8. The summed E-state index contributed by atoms with van der Waals surface area (Å²) in [6.45, 7) is 1.26. The highest BCUT2D eigenvalue weighted by molar-refractivity contribution is 7.89. The summed E-state index contributed by atoms with van der Waals surface area (Å²) in [4.78, 5) is 10.3. The molecule has 1 fully saturated rings. The first-order valence-corrected chi connectivity index (χ1v) is 15.4. The molecule has 1 aliphatic heterocycles. The van der Waals surface area contributed by atoms with Crippen LogP contribution in [0, 0.1) is 0 Å². The lowest BCUT2D eigenvalue weighted by atomic mass is 10.1. The number of sulfonamides is 1. The van der Waals surface area contributed by atoms with Crippen LogP contribution in [0.15, 0.2) is 71.2 Å². The molecule has 1 unspecified atom stereocenters. The number of para-hydroxylation sites is 1. The van der Waals surface area contributed by atoms with Gasteiger partial charge in [0.15, 0.2) is 4.96 Å². The number of pyridine rings is 1. The number of hydrogen-bond donors (Lipinski definition) is 0. The smallest absolute Gasteiger partial charge is 0.245 e. The van der Waals surface area contributed by atoms with Crippen molar-refractivity contribution in [2.75, 3.05) is 33.9 Å². The van der Waals surface area contributed by atoms with Crippen LogP contribution in [0.1, 0.15) is 18.5 Å². The van der Waals surface area contributed by atoms with E-state index in [1.807, 2.05) is 52.4 Å². The average Bonchev–Trinajstić information content (AvgIpc) is 3.73. The zero-order valence-electron chi connectivity index (χ0n) is 22.3. The SMILES string of the molecule is COc1ccc(OC)c(-c2cn3c(CCN(CC4CCCO4)S(=O)(=O)c4cccc5cccnc45)csc3n2)c1. The van der Waals surface area contributed by atoms with Gasteiger partial charge < -0.3 is 14.2 Å². The van der Waals surface area contributed by atoms with Crippen LogP contribution in [0.5, 0.6) is 11.5 Å². The quantitative estimate of drug-likeness (QED) is 0.229. The molecular weight excluding hydrogens is 548 g/mol. The van der Waals surface area contributed by atoms with Crippen LogP contribution in [-0.2, 0) is 21.2 Å². The van der Waals surface area contributed by atoms with Crippen LogP contribution >= 0.6 is 11.3 Å². The van der Waals surface area contributed by atoms with E-state index in [9.17, 15) is 8.42 Å². The molecule has 0 amide bonds. The molecule has 6 rings (SSSR count). The fourth-order valence-electron chi connectivity index (χ4n) is 5.14. The lowest BCUT2D eigenvalue weighted by Crippen LogP contribution is -2.39. The number of nitrogens with zero attached hydrogens (tertiary/aromatic N) is 4. The number of thiazole rings is 1. The Balaban J connectivity index is 1.31. The van der Waals surface area contributed by atoms with Crippen LogP contribution < -0.4 is 9.47 Å². The van der Waals surface area contributed by atoms with Gasteiger partial charge in [-0.1, -0.05) is 18.2 Å². The highest BCUT2D eigenvalue weighted by atomic mass is 32.2. The maximum atomic E-state index is 14.1. The molecule has 0 spiro atoms. The van der Waals surface area contributed by atoms with E-state index in [-0.39, 0.29) is 11.0 Å². The number of aromatic nitrogens is 3. The molecule has 5 aromatic rings. The van der Waals surface area contributed by atoms with Crippen LogP contribution in [0.2, 0.25) is 0 Å². The van der Waals surface area contributed by atoms with E-state index in [1.165, 1.54) is 11.3 Å². The average molecular weight is 579 g/mol. The van der Waals surface area contributed by atoms with Crippen molar-refractivity contribution < 1.29 is 22.6 Å². The van der Waals surface area contributed by atoms with Gasteiger partial charge in [0.05, 0.1) is 31.5 Å². The Bertz CT molecular complexity index is 1750. The molecular formula is C29H30N4O5S2. The molecule has 9 nitrogen and oxygen atoms in total. The number of fused-ring (bicyclic) bond motifs is 2. The number of methoxy groups -OCH3 is 2. The maximum Gasteiger partial charge on any atom is 0.245 e. The van der Waals surface area contributed by atoms with Gasteiger partial charge in [0.25, 0.3) is 0 Å². The molecule has 40 heavy (non-hydrogen) atoms. The van der Waals surface area contributed by atoms with Gasteiger partial charge in [-0.3, -0.25) is 9.38 Å². The minimum absolute atomic E-state index is 0.124. The van der Waals surface area contributed by atoms with Crippen molar-refractivity contribution in [3.63, 3.8) is 0 Å². The largest absolute Gasteiger partial charge is 0.497 e. The third-order valence-electron chi connectivity index (χ3n) is 7.23. The van der Waals surface area contributed by atoms with E-state index >= 15 is 0 Å². The molecule has 1 atom stereocenters. The second kappa shape index (κ2) is 11.2. The first-order valence-electron chi connectivity index (χ1n) is 13.1. The predicted octanol–water partition coefficient (Wildman–Crippen LogP) is 5.04. The Morgan fingerprint density at radius 1 is 1.15 bits per heavy atom. The van der Waals surface area contributed by atoms with Crippen molar-refractivity contribution in [3.05, 3.63) is 72.0 Å². The highest BCUT2D eigenvalue weighted by Gasteiger charge is 2.31. The summed E-state index contributed by atoms with van der Waals surface area (Å²) >= 11 is 1.52. The third kappa shape index (κ3) is 5.05. The molecule has 208 valence electrons. The number of ether oxygens (including phenoxy) is 3. The molecule has 0 saturated carbocycles. The van der Waals surface area contributed by atoms with Gasteiger partial charge in [-0.25, -0.2) is 13.4 Å². The second-order valence-corrected chi connectivity index (χ2v) is 12.4.